The lowest BCUT2D eigenvalue weighted by Gasteiger charge is -2.14. The number of rotatable bonds is 6. The van der Waals surface area contributed by atoms with Crippen molar-refractivity contribution < 1.29 is 27.1 Å². The van der Waals surface area contributed by atoms with Crippen LogP contribution in [0.3, 0.4) is 0 Å². The number of amides is 1. The number of halogens is 4. The highest BCUT2D eigenvalue weighted by molar-refractivity contribution is 6.30. The lowest BCUT2D eigenvalue weighted by Crippen LogP contribution is -2.17. The summed E-state index contributed by atoms with van der Waals surface area (Å²) in [6, 6.07) is 10.3. The zero-order valence-electron chi connectivity index (χ0n) is 15.2. The zero-order valence-corrected chi connectivity index (χ0v) is 16.0. The third-order valence-corrected chi connectivity index (χ3v) is 4.27. The van der Waals surface area contributed by atoms with Crippen molar-refractivity contribution in [1.29, 1.82) is 0 Å². The van der Waals surface area contributed by atoms with E-state index in [1.807, 2.05) is 6.07 Å². The largest absolute Gasteiger partial charge is 0.497 e. The summed E-state index contributed by atoms with van der Waals surface area (Å²) in [6.07, 6.45) is -3.09. The highest BCUT2D eigenvalue weighted by Gasteiger charge is 2.34. The van der Waals surface area contributed by atoms with E-state index in [-0.39, 0.29) is 23.6 Å². The van der Waals surface area contributed by atoms with Gasteiger partial charge in [0.25, 0.3) is 0 Å². The van der Waals surface area contributed by atoms with Gasteiger partial charge in [-0.1, -0.05) is 23.7 Å². The second-order valence-corrected chi connectivity index (χ2v) is 6.52. The molecule has 0 atom stereocenters. The number of ether oxygens (including phenoxy) is 1. The number of carbonyl (C=O) groups is 1. The van der Waals surface area contributed by atoms with Crippen LogP contribution < -0.4 is 10.1 Å². The zero-order chi connectivity index (χ0) is 21.0. The molecule has 152 valence electrons. The maximum atomic E-state index is 13.1. The number of aryl methyl sites for hydroxylation is 1. The minimum absolute atomic E-state index is 0.0693. The van der Waals surface area contributed by atoms with Gasteiger partial charge in [-0.3, -0.25) is 4.79 Å². The van der Waals surface area contributed by atoms with E-state index in [4.69, 9.17) is 20.8 Å². The molecule has 0 saturated heterocycles. The quantitative estimate of drug-likeness (QED) is 0.560. The number of carbonyl (C=O) groups excluding carboxylic acids is 1. The number of anilines is 1. The highest BCUT2D eigenvalue weighted by atomic mass is 35.5. The fourth-order valence-corrected chi connectivity index (χ4v) is 2.80. The molecule has 0 aliphatic rings. The average Bonchev–Trinajstić information content (AvgIpc) is 3.16. The van der Waals surface area contributed by atoms with Gasteiger partial charge in [-0.15, -0.1) is 0 Å². The van der Waals surface area contributed by atoms with Crippen LogP contribution in [0.25, 0.3) is 11.3 Å². The monoisotopic (exact) mass is 424 g/mol. The number of oxazole rings is 1. The van der Waals surface area contributed by atoms with Crippen molar-refractivity contribution in [3.05, 3.63) is 65.1 Å². The Morgan fingerprint density at radius 1 is 1.24 bits per heavy atom. The molecular formula is C20H16ClF3N2O3. The van der Waals surface area contributed by atoms with Crippen molar-refractivity contribution in [1.82, 2.24) is 4.98 Å². The maximum absolute atomic E-state index is 13.1. The lowest BCUT2D eigenvalue weighted by molar-refractivity contribution is -0.137. The van der Waals surface area contributed by atoms with Gasteiger partial charge in [0, 0.05) is 23.4 Å². The van der Waals surface area contributed by atoms with Crippen molar-refractivity contribution in [3.8, 4) is 17.1 Å². The molecule has 0 aliphatic heterocycles. The Labute approximate surface area is 169 Å². The molecule has 29 heavy (non-hydrogen) atoms. The summed E-state index contributed by atoms with van der Waals surface area (Å²) < 4.78 is 50.1. The maximum Gasteiger partial charge on any atom is 0.418 e. The Balaban J connectivity index is 1.64. The Morgan fingerprint density at radius 3 is 2.76 bits per heavy atom. The first-order valence-corrected chi connectivity index (χ1v) is 8.90. The molecule has 3 aromatic rings. The summed E-state index contributed by atoms with van der Waals surface area (Å²) in [6.45, 7) is 0. The fourth-order valence-electron chi connectivity index (χ4n) is 2.63. The van der Waals surface area contributed by atoms with Gasteiger partial charge in [0.2, 0.25) is 5.91 Å². The molecule has 0 fully saturated rings. The van der Waals surface area contributed by atoms with Crippen molar-refractivity contribution in [2.24, 2.45) is 0 Å². The summed E-state index contributed by atoms with van der Waals surface area (Å²) in [5, 5.41) is 2.20. The topological polar surface area (TPSA) is 64.4 Å². The van der Waals surface area contributed by atoms with Gasteiger partial charge >= 0.3 is 6.18 Å². The van der Waals surface area contributed by atoms with E-state index in [2.05, 4.69) is 10.3 Å². The SMILES string of the molecule is COc1cccc(-c2cnc(CCC(=O)Nc3ccc(Cl)cc3C(F)(F)F)o2)c1. The first-order chi connectivity index (χ1) is 13.8. The number of nitrogens with zero attached hydrogens (tertiary/aromatic N) is 1. The smallest absolute Gasteiger partial charge is 0.418 e. The predicted octanol–water partition coefficient (Wildman–Crippen LogP) is 5.59. The minimum atomic E-state index is -4.64. The van der Waals surface area contributed by atoms with Crippen molar-refractivity contribution in [3.63, 3.8) is 0 Å². The average molecular weight is 425 g/mol. The fraction of sp³-hybridized carbons (Fsp3) is 0.200. The second kappa shape index (κ2) is 8.57. The van der Waals surface area contributed by atoms with Crippen LogP contribution in [0, 0.1) is 0 Å². The van der Waals surface area contributed by atoms with Crippen LogP contribution in [-0.2, 0) is 17.4 Å². The number of alkyl halides is 3. The van der Waals surface area contributed by atoms with Crippen molar-refractivity contribution in [2.45, 2.75) is 19.0 Å². The van der Waals surface area contributed by atoms with Crippen molar-refractivity contribution >= 4 is 23.2 Å². The van der Waals surface area contributed by atoms with Crippen LogP contribution in [0.4, 0.5) is 18.9 Å². The first-order valence-electron chi connectivity index (χ1n) is 8.52. The summed E-state index contributed by atoms with van der Waals surface area (Å²) in [5.41, 5.74) is -0.602. The minimum Gasteiger partial charge on any atom is -0.497 e. The molecule has 1 amide bonds. The molecule has 0 bridgehead atoms. The van der Waals surface area contributed by atoms with E-state index >= 15 is 0 Å². The van der Waals surface area contributed by atoms with E-state index in [1.54, 1.807) is 25.3 Å². The van der Waals surface area contributed by atoms with E-state index in [1.165, 1.54) is 12.3 Å². The third-order valence-electron chi connectivity index (χ3n) is 4.03. The molecule has 5 nitrogen and oxygen atoms in total. The van der Waals surface area contributed by atoms with E-state index in [9.17, 15) is 18.0 Å². The molecule has 0 unspecified atom stereocenters. The van der Waals surface area contributed by atoms with Gasteiger partial charge in [0.1, 0.15) is 5.75 Å². The molecule has 2 aromatic carbocycles. The Kier molecular flexibility index (Phi) is 6.12. The van der Waals surface area contributed by atoms with Crippen LogP contribution >= 0.6 is 11.6 Å². The molecule has 3 rings (SSSR count). The van der Waals surface area contributed by atoms with E-state index < -0.39 is 17.6 Å². The number of nitrogens with one attached hydrogen (secondary N) is 1. The van der Waals surface area contributed by atoms with Gasteiger partial charge in [0.05, 0.1) is 24.6 Å². The van der Waals surface area contributed by atoms with Crippen LogP contribution in [0.5, 0.6) is 5.75 Å². The highest BCUT2D eigenvalue weighted by Crippen LogP contribution is 2.36. The molecule has 1 N–H and O–H groups in total. The molecule has 1 heterocycles. The molecule has 1 aromatic heterocycles. The van der Waals surface area contributed by atoms with Crippen LogP contribution in [0.1, 0.15) is 17.9 Å². The summed E-state index contributed by atoms with van der Waals surface area (Å²) in [5.74, 6) is 0.851. The Morgan fingerprint density at radius 2 is 2.03 bits per heavy atom. The molecule has 0 spiro atoms. The molecule has 0 saturated carbocycles. The number of hydrogen-bond acceptors (Lipinski definition) is 4. The van der Waals surface area contributed by atoms with Crippen LogP contribution in [0.2, 0.25) is 5.02 Å². The Bertz CT molecular complexity index is 1020. The lowest BCUT2D eigenvalue weighted by atomic mass is 10.1. The summed E-state index contributed by atoms with van der Waals surface area (Å²) in [4.78, 5) is 16.2. The Hall–Kier alpha value is -3.00. The molecule has 0 radical (unpaired) electrons. The summed E-state index contributed by atoms with van der Waals surface area (Å²) in [7, 11) is 1.55. The predicted molar refractivity (Wildman–Crippen MR) is 102 cm³/mol. The van der Waals surface area contributed by atoms with E-state index in [0.717, 1.165) is 17.7 Å². The summed E-state index contributed by atoms with van der Waals surface area (Å²) >= 11 is 5.63. The second-order valence-electron chi connectivity index (χ2n) is 6.09. The van der Waals surface area contributed by atoms with E-state index in [0.29, 0.717) is 17.4 Å². The third kappa shape index (κ3) is 5.29. The van der Waals surface area contributed by atoms with Crippen LogP contribution in [-0.4, -0.2) is 18.0 Å². The number of aromatic nitrogens is 1. The number of hydrogen-bond donors (Lipinski definition) is 1. The standard InChI is InChI=1S/C20H16ClF3N2O3/c1-28-14-4-2-3-12(9-14)17-11-25-19(29-17)8-7-18(27)26-16-6-5-13(21)10-15(16)20(22,23)24/h2-6,9-11H,7-8H2,1H3,(H,26,27). The van der Waals surface area contributed by atoms with Gasteiger partial charge in [-0.25, -0.2) is 4.98 Å². The van der Waals surface area contributed by atoms with Crippen LogP contribution in [0.15, 0.2) is 53.1 Å². The molecule has 9 heteroatoms. The van der Waals surface area contributed by atoms with Gasteiger partial charge in [-0.05, 0) is 30.3 Å². The normalized spacial score (nSPS) is 11.3. The number of methoxy groups -OCH3 is 1. The molecular weight excluding hydrogens is 409 g/mol. The van der Waals surface area contributed by atoms with Gasteiger partial charge < -0.3 is 14.5 Å². The molecule has 0 aliphatic carbocycles. The first kappa shape index (κ1) is 20.7. The van der Waals surface area contributed by atoms with Crippen molar-refractivity contribution in [2.75, 3.05) is 12.4 Å². The number of benzene rings is 2. The van der Waals surface area contributed by atoms with Gasteiger partial charge in [-0.2, -0.15) is 13.2 Å². The van der Waals surface area contributed by atoms with Gasteiger partial charge in [0.15, 0.2) is 11.7 Å².